The van der Waals surface area contributed by atoms with Crippen LogP contribution in [0.1, 0.15) is 21.5 Å². The van der Waals surface area contributed by atoms with E-state index in [1.807, 2.05) is 67.6 Å². The van der Waals surface area contributed by atoms with Crippen molar-refractivity contribution in [3.8, 4) is 0 Å². The summed E-state index contributed by atoms with van der Waals surface area (Å²) in [5, 5.41) is 3.56. The lowest BCUT2D eigenvalue weighted by Crippen LogP contribution is -2.12. The summed E-state index contributed by atoms with van der Waals surface area (Å²) in [7, 11) is 0. The average molecular weight is 368 g/mol. The van der Waals surface area contributed by atoms with Crippen LogP contribution < -0.4 is 5.32 Å². The highest BCUT2D eigenvalue weighted by Crippen LogP contribution is 2.24. The van der Waals surface area contributed by atoms with Gasteiger partial charge < -0.3 is 5.32 Å². The van der Waals surface area contributed by atoms with Crippen molar-refractivity contribution in [3.63, 3.8) is 0 Å². The monoisotopic (exact) mass is 367 g/mol. The third kappa shape index (κ3) is 4.65. The molecule has 3 rings (SSSR count). The van der Waals surface area contributed by atoms with E-state index < -0.39 is 0 Å². The first-order valence-corrected chi connectivity index (χ1v) is 9.33. The summed E-state index contributed by atoms with van der Waals surface area (Å²) in [4.78, 5) is 13.6. The SMILES string of the molecule is Cc1c(Cl)cccc1NC(=O)c1ccc(CSc2ccccc2)cc1. The molecule has 2 nitrogen and oxygen atoms in total. The largest absolute Gasteiger partial charge is 0.322 e. The van der Waals surface area contributed by atoms with Crippen molar-refractivity contribution in [2.75, 3.05) is 5.32 Å². The molecule has 0 heterocycles. The molecule has 0 atom stereocenters. The molecule has 126 valence electrons. The zero-order valence-electron chi connectivity index (χ0n) is 13.8. The first kappa shape index (κ1) is 17.6. The fourth-order valence-electron chi connectivity index (χ4n) is 2.37. The smallest absolute Gasteiger partial charge is 0.255 e. The molecular formula is C21H18ClNOS. The molecule has 1 amide bonds. The Hall–Kier alpha value is -2.23. The van der Waals surface area contributed by atoms with Gasteiger partial charge in [-0.05, 0) is 54.4 Å². The standard InChI is InChI=1S/C21H18ClNOS/c1-15-19(22)8-5-9-20(15)23-21(24)17-12-10-16(11-13-17)14-25-18-6-3-2-4-7-18/h2-13H,14H2,1H3,(H,23,24). The number of carbonyl (C=O) groups is 1. The third-order valence-electron chi connectivity index (χ3n) is 3.88. The quantitative estimate of drug-likeness (QED) is 0.544. The highest BCUT2D eigenvalue weighted by Gasteiger charge is 2.09. The van der Waals surface area contributed by atoms with Crippen LogP contribution in [-0.2, 0) is 5.75 Å². The van der Waals surface area contributed by atoms with E-state index in [1.54, 1.807) is 11.8 Å². The molecule has 0 unspecified atom stereocenters. The van der Waals surface area contributed by atoms with Gasteiger partial charge in [0.25, 0.3) is 5.91 Å². The van der Waals surface area contributed by atoms with Gasteiger partial charge in [0.1, 0.15) is 0 Å². The number of carbonyl (C=O) groups excluding carboxylic acids is 1. The van der Waals surface area contributed by atoms with Crippen molar-refractivity contribution in [2.24, 2.45) is 0 Å². The minimum Gasteiger partial charge on any atom is -0.322 e. The van der Waals surface area contributed by atoms with Crippen molar-refractivity contribution in [3.05, 3.63) is 94.5 Å². The van der Waals surface area contributed by atoms with Gasteiger partial charge in [-0.3, -0.25) is 4.79 Å². The lowest BCUT2D eigenvalue weighted by molar-refractivity contribution is 0.102. The second kappa shape index (κ2) is 8.24. The molecule has 0 saturated heterocycles. The number of halogens is 1. The summed E-state index contributed by atoms with van der Waals surface area (Å²) < 4.78 is 0. The van der Waals surface area contributed by atoms with Crippen LogP contribution in [0.25, 0.3) is 0 Å². The van der Waals surface area contributed by atoms with Crippen LogP contribution in [0.3, 0.4) is 0 Å². The lowest BCUT2D eigenvalue weighted by atomic mass is 10.1. The molecule has 0 spiro atoms. The Balaban J connectivity index is 1.63. The minimum atomic E-state index is -0.132. The average Bonchev–Trinajstić information content (AvgIpc) is 2.65. The molecule has 1 N–H and O–H groups in total. The zero-order valence-corrected chi connectivity index (χ0v) is 15.4. The van der Waals surface area contributed by atoms with Gasteiger partial charge >= 0.3 is 0 Å². The number of benzene rings is 3. The van der Waals surface area contributed by atoms with Crippen molar-refractivity contribution >= 4 is 35.0 Å². The highest BCUT2D eigenvalue weighted by atomic mass is 35.5. The number of nitrogens with one attached hydrogen (secondary N) is 1. The Morgan fingerprint density at radius 2 is 1.68 bits per heavy atom. The fourth-order valence-corrected chi connectivity index (χ4v) is 3.42. The molecule has 25 heavy (non-hydrogen) atoms. The highest BCUT2D eigenvalue weighted by molar-refractivity contribution is 7.98. The van der Waals surface area contributed by atoms with Gasteiger partial charge in [-0.25, -0.2) is 0 Å². The van der Waals surface area contributed by atoms with E-state index in [-0.39, 0.29) is 5.91 Å². The summed E-state index contributed by atoms with van der Waals surface area (Å²) >= 11 is 7.87. The Morgan fingerprint density at radius 3 is 2.40 bits per heavy atom. The third-order valence-corrected chi connectivity index (χ3v) is 5.37. The number of hydrogen-bond acceptors (Lipinski definition) is 2. The van der Waals surface area contributed by atoms with E-state index in [4.69, 9.17) is 11.6 Å². The van der Waals surface area contributed by atoms with Gasteiger partial charge in [0.15, 0.2) is 0 Å². The predicted molar refractivity (Wildman–Crippen MR) is 107 cm³/mol. The number of anilines is 1. The summed E-state index contributed by atoms with van der Waals surface area (Å²) in [5.41, 5.74) is 3.42. The van der Waals surface area contributed by atoms with E-state index in [0.29, 0.717) is 10.6 Å². The van der Waals surface area contributed by atoms with Crippen molar-refractivity contribution in [1.29, 1.82) is 0 Å². The number of thioether (sulfide) groups is 1. The van der Waals surface area contributed by atoms with Crippen LogP contribution >= 0.6 is 23.4 Å². The summed E-state index contributed by atoms with van der Waals surface area (Å²) in [6.45, 7) is 1.89. The molecule has 0 aromatic heterocycles. The van der Waals surface area contributed by atoms with Crippen molar-refractivity contribution < 1.29 is 4.79 Å². The summed E-state index contributed by atoms with van der Waals surface area (Å²) in [6, 6.07) is 23.5. The van der Waals surface area contributed by atoms with Crippen LogP contribution in [0.2, 0.25) is 5.02 Å². The Kier molecular flexibility index (Phi) is 5.79. The van der Waals surface area contributed by atoms with E-state index in [9.17, 15) is 4.79 Å². The van der Waals surface area contributed by atoms with Gasteiger partial charge in [-0.1, -0.05) is 48.0 Å². The van der Waals surface area contributed by atoms with Crippen molar-refractivity contribution in [1.82, 2.24) is 0 Å². The maximum atomic E-state index is 12.4. The van der Waals surface area contributed by atoms with Gasteiger partial charge in [0, 0.05) is 26.9 Å². The lowest BCUT2D eigenvalue weighted by Gasteiger charge is -2.10. The summed E-state index contributed by atoms with van der Waals surface area (Å²) in [6.07, 6.45) is 0. The molecule has 0 bridgehead atoms. The second-order valence-corrected chi connectivity index (χ2v) is 7.12. The molecular weight excluding hydrogens is 350 g/mol. The van der Waals surface area contributed by atoms with Crippen LogP contribution in [0.4, 0.5) is 5.69 Å². The Morgan fingerprint density at radius 1 is 0.960 bits per heavy atom. The molecule has 0 radical (unpaired) electrons. The van der Waals surface area contributed by atoms with Crippen LogP contribution in [0, 0.1) is 6.92 Å². The second-order valence-electron chi connectivity index (χ2n) is 5.67. The molecule has 4 heteroatoms. The molecule has 0 aliphatic carbocycles. The van der Waals surface area contributed by atoms with Gasteiger partial charge in [-0.15, -0.1) is 11.8 Å². The molecule has 3 aromatic rings. The van der Waals surface area contributed by atoms with Gasteiger partial charge in [0.2, 0.25) is 0 Å². The van der Waals surface area contributed by atoms with Gasteiger partial charge in [0.05, 0.1) is 0 Å². The Bertz CT molecular complexity index is 863. The Labute approximate surface area is 157 Å². The fraction of sp³-hybridized carbons (Fsp3) is 0.0952. The molecule has 0 saturated carbocycles. The zero-order chi connectivity index (χ0) is 17.6. The molecule has 0 aliphatic heterocycles. The molecule has 3 aromatic carbocycles. The topological polar surface area (TPSA) is 29.1 Å². The maximum absolute atomic E-state index is 12.4. The van der Waals surface area contributed by atoms with E-state index >= 15 is 0 Å². The van der Waals surface area contributed by atoms with Crippen LogP contribution in [-0.4, -0.2) is 5.91 Å². The first-order valence-electron chi connectivity index (χ1n) is 7.97. The normalized spacial score (nSPS) is 10.5. The van der Waals surface area contributed by atoms with E-state index in [1.165, 1.54) is 10.5 Å². The predicted octanol–water partition coefficient (Wildman–Crippen LogP) is 6.19. The van der Waals surface area contributed by atoms with Crippen LogP contribution in [0.5, 0.6) is 0 Å². The number of amides is 1. The first-order chi connectivity index (χ1) is 12.1. The minimum absolute atomic E-state index is 0.132. The maximum Gasteiger partial charge on any atom is 0.255 e. The van der Waals surface area contributed by atoms with E-state index in [2.05, 4.69) is 17.4 Å². The summed E-state index contributed by atoms with van der Waals surface area (Å²) in [5.74, 6) is 0.742. The molecule has 0 fully saturated rings. The molecule has 0 aliphatic rings. The van der Waals surface area contributed by atoms with Crippen LogP contribution in [0.15, 0.2) is 77.7 Å². The van der Waals surface area contributed by atoms with E-state index in [0.717, 1.165) is 17.0 Å². The number of rotatable bonds is 5. The van der Waals surface area contributed by atoms with Gasteiger partial charge in [-0.2, -0.15) is 0 Å². The van der Waals surface area contributed by atoms with Crippen molar-refractivity contribution in [2.45, 2.75) is 17.6 Å². The number of hydrogen-bond donors (Lipinski definition) is 1.